The van der Waals surface area contributed by atoms with E-state index in [1.54, 1.807) is 18.2 Å². The van der Waals surface area contributed by atoms with Gasteiger partial charge in [0.15, 0.2) is 0 Å². The topological polar surface area (TPSA) is 88.2 Å². The molecule has 3 heterocycles. The molecule has 2 aromatic rings. The Kier molecular flexibility index (Phi) is 4.62. The first-order chi connectivity index (χ1) is 18.6. The van der Waals surface area contributed by atoms with Gasteiger partial charge in [-0.25, -0.2) is 0 Å². The van der Waals surface area contributed by atoms with Gasteiger partial charge in [0, 0.05) is 29.9 Å². The fourth-order valence-corrected chi connectivity index (χ4v) is 4.20. The maximum atomic E-state index is 13.1. The lowest BCUT2D eigenvalue weighted by Crippen LogP contribution is -2.49. The van der Waals surface area contributed by atoms with Crippen molar-refractivity contribution in [2.24, 2.45) is 0 Å². The Hall–Kier alpha value is -3.65. The number of carbonyl (C=O) groups is 3. The zero-order chi connectivity index (χ0) is 28.0. The van der Waals surface area contributed by atoms with Crippen LogP contribution in [-0.2, 0) is 34.0 Å². The molecule has 8 nitrogen and oxygen atoms in total. The summed E-state index contributed by atoms with van der Waals surface area (Å²) in [4.78, 5) is 40.5. The Morgan fingerprint density at radius 2 is 2.06 bits per heavy atom. The molecule has 0 aromatic heterocycles. The number of rotatable bonds is 6. The minimum atomic E-state index is -1.51. The molecule has 0 spiro atoms. The van der Waals surface area contributed by atoms with Crippen LogP contribution >= 0.6 is 0 Å². The number of hydrogen-bond acceptors (Lipinski definition) is 5. The van der Waals surface area contributed by atoms with E-state index in [1.165, 1.54) is 15.9 Å². The Balaban J connectivity index is 1.39. The fourth-order valence-electron chi connectivity index (χ4n) is 4.20. The van der Waals surface area contributed by atoms with Crippen molar-refractivity contribution in [3.63, 3.8) is 0 Å². The maximum absolute atomic E-state index is 13.1. The molecule has 3 atom stereocenters. The van der Waals surface area contributed by atoms with E-state index < -0.39 is 31.1 Å². The van der Waals surface area contributed by atoms with Gasteiger partial charge in [0.05, 0.1) is 20.0 Å². The van der Waals surface area contributed by atoms with Gasteiger partial charge >= 0.3 is 0 Å². The SMILES string of the molecule is [2H]c1cc(C([2H])Oc2cccc3c2CN(C2CCC(=C)NC2=O)C3=O)c([2H])c([2H])c1C([2H])N1CCOCC1=O. The molecule has 2 fully saturated rings. The minimum absolute atomic E-state index is 0.0572. The Labute approximate surface area is 205 Å². The third-order valence-electron chi connectivity index (χ3n) is 6.00. The highest BCUT2D eigenvalue weighted by Gasteiger charge is 2.39. The highest BCUT2D eigenvalue weighted by molar-refractivity contribution is 6.02. The summed E-state index contributed by atoms with van der Waals surface area (Å²) >= 11 is 0. The lowest BCUT2D eigenvalue weighted by atomic mass is 10.0. The largest absolute Gasteiger partial charge is 0.489 e. The zero-order valence-corrected chi connectivity index (χ0v) is 18.4. The molecule has 0 aliphatic carbocycles. The van der Waals surface area contributed by atoms with Gasteiger partial charge in [-0.1, -0.05) is 36.8 Å². The fraction of sp³-hybridized carbons (Fsp3) is 0.346. The van der Waals surface area contributed by atoms with E-state index >= 15 is 0 Å². The van der Waals surface area contributed by atoms with Crippen LogP contribution in [0.25, 0.3) is 0 Å². The van der Waals surface area contributed by atoms with Crippen molar-refractivity contribution in [2.45, 2.75) is 38.5 Å². The Morgan fingerprint density at radius 1 is 1.21 bits per heavy atom. The van der Waals surface area contributed by atoms with Crippen LogP contribution < -0.4 is 10.1 Å². The summed E-state index contributed by atoms with van der Waals surface area (Å²) in [5.41, 5.74) is 1.30. The predicted molar refractivity (Wildman–Crippen MR) is 124 cm³/mol. The lowest BCUT2D eigenvalue weighted by Gasteiger charge is -2.31. The normalized spacial score (nSPS) is 24.4. The van der Waals surface area contributed by atoms with Crippen molar-refractivity contribution < 1.29 is 30.7 Å². The predicted octanol–water partition coefficient (Wildman–Crippen LogP) is 2.37. The quantitative estimate of drug-likeness (QED) is 0.706. The molecule has 0 radical (unpaired) electrons. The van der Waals surface area contributed by atoms with Crippen molar-refractivity contribution >= 4 is 17.7 Å². The second-order valence-corrected chi connectivity index (χ2v) is 8.27. The number of amides is 3. The van der Waals surface area contributed by atoms with Crippen molar-refractivity contribution in [1.29, 1.82) is 0 Å². The van der Waals surface area contributed by atoms with Crippen LogP contribution in [0.4, 0.5) is 0 Å². The number of nitrogens with one attached hydrogen (secondary N) is 1. The smallest absolute Gasteiger partial charge is 0.255 e. The highest BCUT2D eigenvalue weighted by atomic mass is 16.5. The Morgan fingerprint density at radius 3 is 2.88 bits per heavy atom. The zero-order valence-electron chi connectivity index (χ0n) is 23.4. The molecule has 3 aliphatic heterocycles. The van der Waals surface area contributed by atoms with Gasteiger partial charge in [-0.3, -0.25) is 14.4 Å². The van der Waals surface area contributed by atoms with E-state index in [9.17, 15) is 14.4 Å². The standard InChI is InChI=1S/C26H27N3O5/c1-17-5-10-22(25(31)27-17)29-14-21-20(26(29)32)3-2-4-23(21)34-15-19-8-6-18(7-9-19)13-28-11-12-33-16-24(28)30/h2-4,6-9,22H,1,5,10-16H2,(H,27,31)/i6D,7D,8D,13D,15D. The molecular formula is C26H27N3O5. The van der Waals surface area contributed by atoms with Crippen molar-refractivity contribution in [2.75, 3.05) is 19.8 Å². The van der Waals surface area contributed by atoms with E-state index in [-0.39, 0.29) is 67.1 Å². The van der Waals surface area contributed by atoms with Crippen molar-refractivity contribution in [3.05, 3.63) is 76.9 Å². The number of morpholine rings is 1. The maximum Gasteiger partial charge on any atom is 0.255 e. The average molecular weight is 467 g/mol. The van der Waals surface area contributed by atoms with Crippen LogP contribution in [0.2, 0.25) is 0 Å². The number of allylic oxidation sites excluding steroid dienone is 1. The number of fused-ring (bicyclic) bond motifs is 1. The summed E-state index contributed by atoms with van der Waals surface area (Å²) in [5, 5.41) is 2.69. The van der Waals surface area contributed by atoms with Gasteiger partial charge in [0.25, 0.3) is 5.91 Å². The van der Waals surface area contributed by atoms with E-state index in [0.717, 1.165) is 0 Å². The number of hydrogen-bond donors (Lipinski definition) is 1. The summed E-state index contributed by atoms with van der Waals surface area (Å²) in [5.74, 6) is -0.835. The van der Waals surface area contributed by atoms with E-state index in [4.69, 9.17) is 16.3 Å². The summed E-state index contributed by atoms with van der Waals surface area (Å²) in [6.07, 6.45) is 1.00. The number of ether oxygens (including phenoxy) is 2. The average Bonchev–Trinajstić information content (AvgIpc) is 3.23. The van der Waals surface area contributed by atoms with Gasteiger partial charge in [0.1, 0.15) is 25.0 Å². The van der Waals surface area contributed by atoms with Crippen LogP contribution in [-0.4, -0.2) is 53.3 Å². The van der Waals surface area contributed by atoms with Crippen LogP contribution in [0.1, 0.15) is 46.7 Å². The van der Waals surface area contributed by atoms with Crippen LogP contribution in [0.3, 0.4) is 0 Å². The second kappa shape index (κ2) is 9.30. The van der Waals surface area contributed by atoms with Crippen LogP contribution in [0, 0.1) is 0 Å². The second-order valence-electron chi connectivity index (χ2n) is 8.27. The molecule has 3 aliphatic rings. The summed E-state index contributed by atoms with van der Waals surface area (Å²) in [6.45, 7) is 1.20. The molecule has 3 amide bonds. The van der Waals surface area contributed by atoms with E-state index in [1.807, 2.05) is 0 Å². The summed E-state index contributed by atoms with van der Waals surface area (Å²) < 4.78 is 53.4. The number of benzene rings is 2. The van der Waals surface area contributed by atoms with E-state index in [0.29, 0.717) is 29.7 Å². The number of carbonyl (C=O) groups excluding carboxylic acids is 3. The summed E-state index contributed by atoms with van der Waals surface area (Å²) in [6, 6.07) is 4.30. The number of piperidine rings is 1. The van der Waals surface area contributed by atoms with Gasteiger partial charge in [-0.15, -0.1) is 0 Å². The van der Waals surface area contributed by atoms with Crippen molar-refractivity contribution in [1.82, 2.24) is 15.1 Å². The molecule has 1 N–H and O–H groups in total. The minimum Gasteiger partial charge on any atom is -0.489 e. The van der Waals surface area contributed by atoms with Gasteiger partial charge < -0.3 is 24.6 Å². The molecular weight excluding hydrogens is 434 g/mol. The monoisotopic (exact) mass is 466 g/mol. The third kappa shape index (κ3) is 4.41. The van der Waals surface area contributed by atoms with Crippen LogP contribution in [0.5, 0.6) is 5.75 Å². The molecule has 3 unspecified atom stereocenters. The third-order valence-corrected chi connectivity index (χ3v) is 6.00. The first-order valence-electron chi connectivity index (χ1n) is 13.6. The molecule has 34 heavy (non-hydrogen) atoms. The molecule has 5 rings (SSSR count). The summed E-state index contributed by atoms with van der Waals surface area (Å²) in [7, 11) is 0. The molecule has 2 aromatic carbocycles. The highest BCUT2D eigenvalue weighted by Crippen LogP contribution is 2.34. The Bertz CT molecular complexity index is 1390. The van der Waals surface area contributed by atoms with Gasteiger partial charge in [-0.2, -0.15) is 0 Å². The molecule has 2 saturated heterocycles. The van der Waals surface area contributed by atoms with Gasteiger partial charge in [-0.05, 0) is 36.1 Å². The van der Waals surface area contributed by atoms with Gasteiger partial charge in [0.2, 0.25) is 11.8 Å². The first kappa shape index (κ1) is 16.9. The molecule has 8 heteroatoms. The van der Waals surface area contributed by atoms with E-state index in [2.05, 4.69) is 11.9 Å². The molecule has 176 valence electrons. The molecule has 0 bridgehead atoms. The number of nitrogens with zero attached hydrogens (tertiary/aromatic N) is 2. The molecule has 0 saturated carbocycles. The van der Waals surface area contributed by atoms with Crippen LogP contribution in [0.15, 0.2) is 54.7 Å². The lowest BCUT2D eigenvalue weighted by molar-refractivity contribution is -0.143. The van der Waals surface area contributed by atoms with Crippen molar-refractivity contribution in [3.8, 4) is 5.75 Å². The first-order valence-corrected chi connectivity index (χ1v) is 11.0.